The van der Waals surface area contributed by atoms with Crippen molar-refractivity contribution in [1.29, 1.82) is 0 Å². The van der Waals surface area contributed by atoms with Gasteiger partial charge in [-0.2, -0.15) is 0 Å². The highest BCUT2D eigenvalue weighted by Gasteiger charge is 2.38. The Balaban J connectivity index is 1.54. The highest BCUT2D eigenvalue weighted by atomic mass is 15.2. The maximum atomic E-state index is 4.20. The lowest BCUT2D eigenvalue weighted by molar-refractivity contribution is 0.139. The van der Waals surface area contributed by atoms with E-state index in [2.05, 4.69) is 27.2 Å². The molecule has 0 saturated carbocycles. The first-order valence-corrected chi connectivity index (χ1v) is 6.56. The molecule has 0 spiro atoms. The van der Waals surface area contributed by atoms with Crippen LogP contribution in [0.1, 0.15) is 25.7 Å². The zero-order valence-electron chi connectivity index (χ0n) is 10.3. The van der Waals surface area contributed by atoms with Crippen molar-refractivity contribution < 1.29 is 0 Å². The van der Waals surface area contributed by atoms with Crippen molar-refractivity contribution in [2.45, 2.75) is 37.8 Å². The summed E-state index contributed by atoms with van der Waals surface area (Å²) in [4.78, 5) is 11.0. The maximum absolute atomic E-state index is 4.20. The number of hydrogen-bond acceptors (Lipinski definition) is 4. The molecule has 17 heavy (non-hydrogen) atoms. The fourth-order valence-electron chi connectivity index (χ4n) is 3.32. The summed E-state index contributed by atoms with van der Waals surface area (Å²) in [7, 11) is 2.28. The first kappa shape index (κ1) is 11.0. The van der Waals surface area contributed by atoms with Gasteiger partial charge >= 0.3 is 0 Å². The monoisotopic (exact) mass is 232 g/mol. The Morgan fingerprint density at radius 1 is 1.24 bits per heavy atom. The minimum atomic E-state index is 0.763. The normalized spacial score (nSPS) is 32.6. The van der Waals surface area contributed by atoms with Crippen molar-refractivity contribution in [3.05, 3.63) is 18.5 Å². The Bertz CT molecular complexity index is 353. The third kappa shape index (κ3) is 2.27. The fourth-order valence-corrected chi connectivity index (χ4v) is 3.32. The van der Waals surface area contributed by atoms with Gasteiger partial charge in [0, 0.05) is 31.0 Å². The van der Waals surface area contributed by atoms with Crippen LogP contribution in [0.4, 0.5) is 5.95 Å². The summed E-state index contributed by atoms with van der Waals surface area (Å²) >= 11 is 0. The van der Waals surface area contributed by atoms with Gasteiger partial charge in [-0.25, -0.2) is 9.97 Å². The lowest BCUT2D eigenvalue weighted by Crippen LogP contribution is -2.41. The predicted molar refractivity (Wildman–Crippen MR) is 67.8 cm³/mol. The van der Waals surface area contributed by atoms with E-state index in [0.717, 1.165) is 30.5 Å². The van der Waals surface area contributed by atoms with Crippen molar-refractivity contribution in [3.8, 4) is 0 Å². The van der Waals surface area contributed by atoms with Crippen molar-refractivity contribution in [3.63, 3.8) is 0 Å². The summed E-state index contributed by atoms with van der Waals surface area (Å²) < 4.78 is 0. The van der Waals surface area contributed by atoms with Gasteiger partial charge < -0.3 is 10.2 Å². The van der Waals surface area contributed by atoms with Crippen LogP contribution in [0.15, 0.2) is 18.5 Å². The lowest BCUT2D eigenvalue weighted by Gasteiger charge is -2.36. The zero-order chi connectivity index (χ0) is 11.7. The van der Waals surface area contributed by atoms with Gasteiger partial charge in [0.15, 0.2) is 0 Å². The molecule has 92 valence electrons. The second kappa shape index (κ2) is 4.61. The quantitative estimate of drug-likeness (QED) is 0.862. The molecule has 0 radical (unpaired) electrons. The van der Waals surface area contributed by atoms with Crippen LogP contribution in [0.5, 0.6) is 0 Å². The molecule has 1 aromatic heterocycles. The van der Waals surface area contributed by atoms with Crippen LogP contribution >= 0.6 is 0 Å². The second-order valence-electron chi connectivity index (χ2n) is 5.34. The molecular formula is C13H20N4. The molecule has 2 atom stereocenters. The zero-order valence-corrected chi connectivity index (χ0v) is 10.3. The summed E-state index contributed by atoms with van der Waals surface area (Å²) in [6.07, 6.45) is 9.00. The number of fused-ring (bicyclic) bond motifs is 2. The van der Waals surface area contributed by atoms with E-state index in [-0.39, 0.29) is 0 Å². The average Bonchev–Trinajstić information content (AvgIpc) is 2.61. The minimum absolute atomic E-state index is 0.763. The largest absolute Gasteiger partial charge is 0.354 e. The first-order chi connectivity index (χ1) is 8.33. The number of hydrogen-bond donors (Lipinski definition) is 1. The third-order valence-electron chi connectivity index (χ3n) is 4.31. The molecule has 4 heteroatoms. The molecule has 3 rings (SSSR count). The second-order valence-corrected chi connectivity index (χ2v) is 5.34. The molecule has 2 fully saturated rings. The number of aromatic nitrogens is 2. The van der Waals surface area contributed by atoms with E-state index < -0.39 is 0 Å². The lowest BCUT2D eigenvalue weighted by atomic mass is 9.91. The minimum Gasteiger partial charge on any atom is -0.354 e. The van der Waals surface area contributed by atoms with E-state index in [4.69, 9.17) is 0 Å². The highest BCUT2D eigenvalue weighted by Crippen LogP contribution is 2.37. The first-order valence-electron chi connectivity index (χ1n) is 6.56. The van der Waals surface area contributed by atoms with E-state index in [9.17, 15) is 0 Å². The molecule has 4 nitrogen and oxygen atoms in total. The molecule has 2 unspecified atom stereocenters. The number of piperidine rings is 1. The average molecular weight is 232 g/mol. The Morgan fingerprint density at radius 3 is 2.53 bits per heavy atom. The number of anilines is 1. The molecule has 3 heterocycles. The van der Waals surface area contributed by atoms with Gasteiger partial charge in [-0.3, -0.25) is 0 Å². The highest BCUT2D eigenvalue weighted by molar-refractivity contribution is 5.22. The van der Waals surface area contributed by atoms with Gasteiger partial charge in [0.2, 0.25) is 5.95 Å². The van der Waals surface area contributed by atoms with Crippen LogP contribution in [0.2, 0.25) is 0 Å². The molecule has 2 aliphatic heterocycles. The fraction of sp³-hybridized carbons (Fsp3) is 0.692. The molecule has 0 aromatic carbocycles. The number of nitrogens with zero attached hydrogens (tertiary/aromatic N) is 3. The van der Waals surface area contributed by atoms with Crippen LogP contribution in [-0.2, 0) is 0 Å². The number of nitrogens with one attached hydrogen (secondary N) is 1. The molecule has 0 amide bonds. The summed E-state index contributed by atoms with van der Waals surface area (Å²) in [5.41, 5.74) is 0. The molecule has 2 saturated heterocycles. The van der Waals surface area contributed by atoms with Crippen LogP contribution in [0, 0.1) is 5.92 Å². The van der Waals surface area contributed by atoms with E-state index in [1.54, 1.807) is 12.4 Å². The van der Waals surface area contributed by atoms with Gasteiger partial charge in [-0.05, 0) is 44.7 Å². The van der Waals surface area contributed by atoms with Gasteiger partial charge in [0.05, 0.1) is 0 Å². The molecule has 2 aliphatic rings. The summed E-state index contributed by atoms with van der Waals surface area (Å²) in [5.74, 6) is 1.55. The predicted octanol–water partition coefficient (Wildman–Crippen LogP) is 1.76. The van der Waals surface area contributed by atoms with Crippen LogP contribution in [0.25, 0.3) is 0 Å². The standard InChI is InChI=1S/C13H20N4/c1-17-11-3-4-12(17)8-10(7-11)9-16-13-14-5-2-6-15-13/h2,5-6,10-12H,3-4,7-9H2,1H3,(H,14,15,16). The van der Waals surface area contributed by atoms with Crippen molar-refractivity contribution in [2.75, 3.05) is 18.9 Å². The Morgan fingerprint density at radius 2 is 1.88 bits per heavy atom. The van der Waals surface area contributed by atoms with E-state index in [1.807, 2.05) is 6.07 Å². The van der Waals surface area contributed by atoms with Crippen LogP contribution in [0.3, 0.4) is 0 Å². The van der Waals surface area contributed by atoms with Gasteiger partial charge in [-0.15, -0.1) is 0 Å². The summed E-state index contributed by atoms with van der Waals surface area (Å²) in [6.45, 7) is 1.02. The number of rotatable bonds is 3. The van der Waals surface area contributed by atoms with Gasteiger partial charge in [-0.1, -0.05) is 0 Å². The van der Waals surface area contributed by atoms with Crippen molar-refractivity contribution in [2.24, 2.45) is 5.92 Å². The van der Waals surface area contributed by atoms with E-state index >= 15 is 0 Å². The van der Waals surface area contributed by atoms with Gasteiger partial charge in [0.1, 0.15) is 0 Å². The Kier molecular flexibility index (Phi) is 2.97. The van der Waals surface area contributed by atoms with Crippen molar-refractivity contribution >= 4 is 5.95 Å². The topological polar surface area (TPSA) is 41.0 Å². The third-order valence-corrected chi connectivity index (χ3v) is 4.31. The summed E-state index contributed by atoms with van der Waals surface area (Å²) in [6, 6.07) is 3.48. The molecule has 0 aliphatic carbocycles. The van der Waals surface area contributed by atoms with Crippen molar-refractivity contribution in [1.82, 2.24) is 14.9 Å². The molecule has 2 bridgehead atoms. The molecule has 1 aromatic rings. The SMILES string of the molecule is CN1C2CCC1CC(CNc1ncccn1)C2. The smallest absolute Gasteiger partial charge is 0.222 e. The molecule has 1 N–H and O–H groups in total. The van der Waals surface area contributed by atoms with Gasteiger partial charge in [0.25, 0.3) is 0 Å². The van der Waals surface area contributed by atoms with E-state index in [0.29, 0.717) is 0 Å². The Hall–Kier alpha value is -1.16. The van der Waals surface area contributed by atoms with E-state index in [1.165, 1.54) is 25.7 Å². The maximum Gasteiger partial charge on any atom is 0.222 e. The molecular weight excluding hydrogens is 212 g/mol. The summed E-state index contributed by atoms with van der Waals surface area (Å²) in [5, 5.41) is 3.36. The van der Waals surface area contributed by atoms with Crippen LogP contribution in [-0.4, -0.2) is 40.5 Å². The Labute approximate surface area is 102 Å². The van der Waals surface area contributed by atoms with Crippen LogP contribution < -0.4 is 5.32 Å².